The first-order chi connectivity index (χ1) is 9.02. The number of carbonyl (C=O) groups is 2. The van der Waals surface area contributed by atoms with Gasteiger partial charge in [0.1, 0.15) is 0 Å². The molecule has 4 heteroatoms. The van der Waals surface area contributed by atoms with Crippen LogP contribution in [0.15, 0.2) is 24.3 Å². The quantitative estimate of drug-likeness (QED) is 0.792. The fraction of sp³-hybridized carbons (Fsp3) is 0.467. The van der Waals surface area contributed by atoms with Crippen molar-refractivity contribution in [1.29, 1.82) is 0 Å². The minimum Gasteiger partial charge on any atom is -0.481 e. The first-order valence-electron chi connectivity index (χ1n) is 6.64. The van der Waals surface area contributed by atoms with Gasteiger partial charge in [-0.1, -0.05) is 26.0 Å². The standard InChI is InChI=1S/C15H21NO3/c1-3-11(2)12-7-9-13(10-8-12)16-14(17)5-4-6-15(18)19/h7-11H,3-6H2,1-2H3,(H,16,17)(H,18,19). The van der Waals surface area contributed by atoms with Crippen molar-refractivity contribution >= 4 is 17.6 Å². The fourth-order valence-corrected chi connectivity index (χ4v) is 1.75. The van der Waals surface area contributed by atoms with E-state index in [1.54, 1.807) is 0 Å². The van der Waals surface area contributed by atoms with Gasteiger partial charge in [0.25, 0.3) is 0 Å². The highest BCUT2D eigenvalue weighted by Gasteiger charge is 2.06. The second kappa shape index (κ2) is 7.56. The van der Waals surface area contributed by atoms with Gasteiger partial charge in [-0.15, -0.1) is 0 Å². The molecule has 1 rings (SSSR count). The Labute approximate surface area is 113 Å². The third-order valence-electron chi connectivity index (χ3n) is 3.17. The van der Waals surface area contributed by atoms with Crippen LogP contribution in [0.3, 0.4) is 0 Å². The van der Waals surface area contributed by atoms with Gasteiger partial charge in [0.2, 0.25) is 5.91 Å². The van der Waals surface area contributed by atoms with Gasteiger partial charge in [0.15, 0.2) is 0 Å². The zero-order valence-corrected chi connectivity index (χ0v) is 11.5. The monoisotopic (exact) mass is 263 g/mol. The number of aliphatic carboxylic acids is 1. The molecule has 1 aromatic carbocycles. The number of nitrogens with one attached hydrogen (secondary N) is 1. The number of benzene rings is 1. The molecule has 0 spiro atoms. The molecule has 0 aliphatic carbocycles. The van der Waals surface area contributed by atoms with Crippen molar-refractivity contribution in [2.75, 3.05) is 5.32 Å². The average molecular weight is 263 g/mol. The normalized spacial score (nSPS) is 11.9. The van der Waals surface area contributed by atoms with Gasteiger partial charge < -0.3 is 10.4 Å². The number of anilines is 1. The number of carboxylic acid groups (broad SMARTS) is 1. The van der Waals surface area contributed by atoms with Crippen LogP contribution in [0, 0.1) is 0 Å². The van der Waals surface area contributed by atoms with E-state index in [-0.39, 0.29) is 18.7 Å². The lowest BCUT2D eigenvalue weighted by atomic mass is 9.99. The van der Waals surface area contributed by atoms with Gasteiger partial charge in [-0.2, -0.15) is 0 Å². The third-order valence-corrected chi connectivity index (χ3v) is 3.17. The van der Waals surface area contributed by atoms with Crippen LogP contribution in [0.5, 0.6) is 0 Å². The van der Waals surface area contributed by atoms with Gasteiger partial charge in [-0.3, -0.25) is 9.59 Å². The summed E-state index contributed by atoms with van der Waals surface area (Å²) < 4.78 is 0. The van der Waals surface area contributed by atoms with Crippen LogP contribution in [0.4, 0.5) is 5.69 Å². The van der Waals surface area contributed by atoms with E-state index < -0.39 is 5.97 Å². The summed E-state index contributed by atoms with van der Waals surface area (Å²) >= 11 is 0. The molecule has 4 nitrogen and oxygen atoms in total. The van der Waals surface area contributed by atoms with E-state index in [2.05, 4.69) is 19.2 Å². The second-order valence-electron chi connectivity index (χ2n) is 4.73. The summed E-state index contributed by atoms with van der Waals surface area (Å²) in [4.78, 5) is 21.9. The molecule has 0 fully saturated rings. The van der Waals surface area contributed by atoms with Crippen molar-refractivity contribution in [2.24, 2.45) is 0 Å². The summed E-state index contributed by atoms with van der Waals surface area (Å²) in [6.07, 6.45) is 1.72. The molecule has 1 unspecified atom stereocenters. The molecule has 0 aromatic heterocycles. The van der Waals surface area contributed by atoms with Gasteiger partial charge in [0.05, 0.1) is 0 Å². The summed E-state index contributed by atoms with van der Waals surface area (Å²) in [5.41, 5.74) is 2.01. The van der Waals surface area contributed by atoms with Crippen LogP contribution in [0.1, 0.15) is 51.0 Å². The Kier molecular flexibility index (Phi) is 6.06. The lowest BCUT2D eigenvalue weighted by Gasteiger charge is -2.10. The lowest BCUT2D eigenvalue weighted by molar-refractivity contribution is -0.137. The van der Waals surface area contributed by atoms with Crippen LogP contribution >= 0.6 is 0 Å². The molecular formula is C15H21NO3. The van der Waals surface area contributed by atoms with E-state index >= 15 is 0 Å². The van der Waals surface area contributed by atoms with Crippen LogP contribution in [0.2, 0.25) is 0 Å². The molecule has 0 saturated carbocycles. The Morgan fingerprint density at radius 1 is 1.21 bits per heavy atom. The molecule has 104 valence electrons. The van der Waals surface area contributed by atoms with E-state index in [4.69, 9.17) is 5.11 Å². The van der Waals surface area contributed by atoms with Crippen molar-refractivity contribution in [1.82, 2.24) is 0 Å². The van der Waals surface area contributed by atoms with Crippen molar-refractivity contribution in [2.45, 2.75) is 45.4 Å². The van der Waals surface area contributed by atoms with Gasteiger partial charge in [-0.05, 0) is 36.5 Å². The van der Waals surface area contributed by atoms with Gasteiger partial charge in [0, 0.05) is 18.5 Å². The summed E-state index contributed by atoms with van der Waals surface area (Å²) in [6, 6.07) is 7.80. The number of hydrogen-bond acceptors (Lipinski definition) is 2. The number of carboxylic acids is 1. The Balaban J connectivity index is 2.44. The van der Waals surface area contributed by atoms with Gasteiger partial charge in [-0.25, -0.2) is 0 Å². The summed E-state index contributed by atoms with van der Waals surface area (Å²) in [5.74, 6) is -0.497. The largest absolute Gasteiger partial charge is 0.481 e. The average Bonchev–Trinajstić information content (AvgIpc) is 2.38. The highest BCUT2D eigenvalue weighted by atomic mass is 16.4. The number of amides is 1. The number of hydrogen-bond donors (Lipinski definition) is 2. The Bertz CT molecular complexity index is 426. The summed E-state index contributed by atoms with van der Waals surface area (Å²) in [6.45, 7) is 4.31. The molecule has 0 heterocycles. The van der Waals surface area contributed by atoms with Crippen molar-refractivity contribution in [3.05, 3.63) is 29.8 Å². The van der Waals surface area contributed by atoms with Crippen LogP contribution in [-0.4, -0.2) is 17.0 Å². The maximum absolute atomic E-state index is 11.6. The molecule has 19 heavy (non-hydrogen) atoms. The lowest BCUT2D eigenvalue weighted by Crippen LogP contribution is -2.11. The first kappa shape index (κ1) is 15.2. The summed E-state index contributed by atoms with van der Waals surface area (Å²) in [7, 11) is 0. The maximum Gasteiger partial charge on any atom is 0.303 e. The van der Waals surface area contributed by atoms with Crippen molar-refractivity contribution in [3.8, 4) is 0 Å². The van der Waals surface area contributed by atoms with E-state index in [1.807, 2.05) is 24.3 Å². The Hall–Kier alpha value is -1.84. The molecule has 0 bridgehead atoms. The van der Waals surface area contributed by atoms with Crippen molar-refractivity contribution in [3.63, 3.8) is 0 Å². The predicted molar refractivity (Wildman–Crippen MR) is 75.3 cm³/mol. The zero-order chi connectivity index (χ0) is 14.3. The van der Waals surface area contributed by atoms with Gasteiger partial charge >= 0.3 is 5.97 Å². The minimum absolute atomic E-state index is 0.0281. The highest BCUT2D eigenvalue weighted by Crippen LogP contribution is 2.20. The molecule has 0 aliphatic heterocycles. The molecule has 0 radical (unpaired) electrons. The van der Waals surface area contributed by atoms with Crippen LogP contribution in [-0.2, 0) is 9.59 Å². The molecule has 2 N–H and O–H groups in total. The molecule has 0 saturated heterocycles. The van der Waals surface area contributed by atoms with Crippen LogP contribution < -0.4 is 5.32 Å². The SMILES string of the molecule is CCC(C)c1ccc(NC(=O)CCCC(=O)O)cc1. The third kappa shape index (κ3) is 5.55. The maximum atomic E-state index is 11.6. The number of rotatable bonds is 7. The zero-order valence-electron chi connectivity index (χ0n) is 11.5. The fourth-order valence-electron chi connectivity index (χ4n) is 1.75. The molecule has 1 aromatic rings. The predicted octanol–water partition coefficient (Wildman–Crippen LogP) is 3.39. The smallest absolute Gasteiger partial charge is 0.303 e. The Morgan fingerprint density at radius 2 is 1.84 bits per heavy atom. The molecular weight excluding hydrogens is 242 g/mol. The molecule has 1 amide bonds. The topological polar surface area (TPSA) is 66.4 Å². The first-order valence-corrected chi connectivity index (χ1v) is 6.64. The molecule has 0 aliphatic rings. The summed E-state index contributed by atoms with van der Waals surface area (Å²) in [5, 5.41) is 11.3. The highest BCUT2D eigenvalue weighted by molar-refractivity contribution is 5.90. The van der Waals surface area contributed by atoms with E-state index in [0.29, 0.717) is 12.3 Å². The molecule has 1 atom stereocenters. The van der Waals surface area contributed by atoms with Crippen LogP contribution in [0.25, 0.3) is 0 Å². The number of carbonyl (C=O) groups excluding carboxylic acids is 1. The van der Waals surface area contributed by atoms with E-state index in [1.165, 1.54) is 5.56 Å². The van der Waals surface area contributed by atoms with E-state index in [0.717, 1.165) is 12.1 Å². The Morgan fingerprint density at radius 3 is 2.37 bits per heavy atom. The second-order valence-corrected chi connectivity index (χ2v) is 4.73. The minimum atomic E-state index is -0.870. The van der Waals surface area contributed by atoms with E-state index in [9.17, 15) is 9.59 Å². The van der Waals surface area contributed by atoms with Crippen molar-refractivity contribution < 1.29 is 14.7 Å².